The van der Waals surface area contributed by atoms with Crippen LogP contribution in [-0.2, 0) is 14.8 Å². The second-order valence-electron chi connectivity index (χ2n) is 5.43. The van der Waals surface area contributed by atoms with Crippen molar-refractivity contribution in [1.82, 2.24) is 0 Å². The van der Waals surface area contributed by atoms with Crippen LogP contribution in [0.3, 0.4) is 0 Å². The number of sulfonamides is 1. The van der Waals surface area contributed by atoms with Crippen LogP contribution < -0.4 is 16.2 Å². The predicted molar refractivity (Wildman–Crippen MR) is 78.9 cm³/mol. The van der Waals surface area contributed by atoms with Crippen molar-refractivity contribution in [3.63, 3.8) is 0 Å². The van der Waals surface area contributed by atoms with Crippen molar-refractivity contribution in [3.8, 4) is 0 Å². The maximum absolute atomic E-state index is 11.4. The van der Waals surface area contributed by atoms with Crippen molar-refractivity contribution in [1.29, 1.82) is 0 Å². The molecule has 20 heavy (non-hydrogen) atoms. The number of nitrogens with two attached hydrogens (primary N) is 2. The maximum atomic E-state index is 11.4. The number of rotatable bonds is 7. The number of nitrogens with one attached hydrogen (secondary N) is 1. The smallest absolute Gasteiger partial charge is 0.238 e. The summed E-state index contributed by atoms with van der Waals surface area (Å²) in [6, 6.07) is 4.58. The molecule has 7 heteroatoms. The van der Waals surface area contributed by atoms with E-state index in [0.717, 1.165) is 32.4 Å². The van der Waals surface area contributed by atoms with Crippen molar-refractivity contribution < 1.29 is 13.2 Å². The van der Waals surface area contributed by atoms with Gasteiger partial charge in [-0.25, -0.2) is 13.6 Å². The van der Waals surface area contributed by atoms with Gasteiger partial charge in [-0.2, -0.15) is 0 Å². The molecule has 0 saturated heterocycles. The van der Waals surface area contributed by atoms with Gasteiger partial charge in [0.15, 0.2) is 0 Å². The first-order valence-electron chi connectivity index (χ1n) is 6.51. The van der Waals surface area contributed by atoms with E-state index in [0.29, 0.717) is 11.4 Å². The quantitative estimate of drug-likeness (QED) is 0.654. The molecular weight excluding hydrogens is 278 g/mol. The van der Waals surface area contributed by atoms with Gasteiger partial charge in [-0.05, 0) is 42.9 Å². The Morgan fingerprint density at radius 2 is 2.05 bits per heavy atom. The fourth-order valence-electron chi connectivity index (χ4n) is 2.19. The molecule has 1 aromatic carbocycles. The van der Waals surface area contributed by atoms with Gasteiger partial charge >= 0.3 is 0 Å². The van der Waals surface area contributed by atoms with E-state index in [1.807, 2.05) is 0 Å². The van der Waals surface area contributed by atoms with E-state index in [1.54, 1.807) is 13.2 Å². The molecule has 0 atom stereocenters. The lowest BCUT2D eigenvalue weighted by Gasteiger charge is -2.17. The van der Waals surface area contributed by atoms with Crippen LogP contribution in [0.25, 0.3) is 0 Å². The van der Waals surface area contributed by atoms with Crippen molar-refractivity contribution in [2.75, 3.05) is 31.3 Å². The highest BCUT2D eigenvalue weighted by atomic mass is 32.2. The summed E-state index contributed by atoms with van der Waals surface area (Å²) in [4.78, 5) is 0.0294. The Labute approximate surface area is 119 Å². The number of benzene rings is 1. The minimum absolute atomic E-state index is 0.0294. The zero-order valence-electron chi connectivity index (χ0n) is 11.6. The Kier molecular flexibility index (Phi) is 4.22. The summed E-state index contributed by atoms with van der Waals surface area (Å²) in [5.41, 5.74) is 7.03. The molecule has 0 aromatic heterocycles. The minimum atomic E-state index is -3.74. The van der Waals surface area contributed by atoms with E-state index in [-0.39, 0.29) is 10.3 Å². The van der Waals surface area contributed by atoms with Crippen LogP contribution in [0.4, 0.5) is 11.4 Å². The van der Waals surface area contributed by atoms with Gasteiger partial charge in [-0.15, -0.1) is 0 Å². The lowest BCUT2D eigenvalue weighted by molar-refractivity contribution is 0.175. The summed E-state index contributed by atoms with van der Waals surface area (Å²) in [5.74, 6) is 0. The van der Waals surface area contributed by atoms with Crippen LogP contribution in [0.15, 0.2) is 23.1 Å². The molecule has 0 unspecified atom stereocenters. The second-order valence-corrected chi connectivity index (χ2v) is 6.99. The van der Waals surface area contributed by atoms with Gasteiger partial charge in [0.25, 0.3) is 0 Å². The average molecular weight is 299 g/mol. The molecule has 6 nitrogen and oxygen atoms in total. The van der Waals surface area contributed by atoms with E-state index in [4.69, 9.17) is 15.6 Å². The fraction of sp³-hybridized carbons (Fsp3) is 0.538. The molecule has 0 aliphatic heterocycles. The summed E-state index contributed by atoms with van der Waals surface area (Å²) in [6.07, 6.45) is 3.32. The minimum Gasteiger partial charge on any atom is -0.399 e. The maximum Gasteiger partial charge on any atom is 0.238 e. The van der Waals surface area contributed by atoms with E-state index in [1.165, 1.54) is 12.1 Å². The van der Waals surface area contributed by atoms with Gasteiger partial charge in [-0.1, -0.05) is 0 Å². The number of nitrogen functional groups attached to an aromatic ring is 1. The second kappa shape index (κ2) is 5.59. The molecule has 2 rings (SSSR count). The fourth-order valence-corrected chi connectivity index (χ4v) is 2.78. The summed E-state index contributed by atoms with van der Waals surface area (Å²) in [5, 5.41) is 8.38. The van der Waals surface area contributed by atoms with Gasteiger partial charge in [0, 0.05) is 31.6 Å². The lowest BCUT2D eigenvalue weighted by atomic mass is 10.0. The molecule has 1 aliphatic rings. The monoisotopic (exact) mass is 299 g/mol. The van der Waals surface area contributed by atoms with Gasteiger partial charge in [0.1, 0.15) is 0 Å². The third-order valence-corrected chi connectivity index (χ3v) is 4.61. The molecule has 1 fully saturated rings. The first kappa shape index (κ1) is 15.1. The largest absolute Gasteiger partial charge is 0.399 e. The normalized spacial score (nSPS) is 16.9. The SMILES string of the molecule is COCCC1(CNc2cc(N)cc(S(N)(=O)=O)c2)CC1. The standard InChI is InChI=1S/C13H21N3O3S/c1-19-5-4-13(2-3-13)9-16-11-6-10(14)7-12(8-11)20(15,17)18/h6-8,16H,2-5,9,14H2,1H3,(H2,15,17,18). The number of ether oxygens (including phenoxy) is 1. The Morgan fingerprint density at radius 1 is 1.35 bits per heavy atom. The molecule has 1 aliphatic carbocycles. The molecule has 112 valence electrons. The first-order valence-corrected chi connectivity index (χ1v) is 8.05. The molecule has 0 amide bonds. The van der Waals surface area contributed by atoms with Crippen LogP contribution in [0.2, 0.25) is 0 Å². The third kappa shape index (κ3) is 3.84. The Hall–Kier alpha value is -1.31. The zero-order valence-corrected chi connectivity index (χ0v) is 12.4. The summed E-state index contributed by atoms with van der Waals surface area (Å²) >= 11 is 0. The van der Waals surface area contributed by atoms with Crippen LogP contribution in [0.5, 0.6) is 0 Å². The highest BCUT2D eigenvalue weighted by Crippen LogP contribution is 2.48. The molecular formula is C13H21N3O3S. The molecule has 0 radical (unpaired) electrons. The number of primary sulfonamides is 1. The third-order valence-electron chi connectivity index (χ3n) is 3.72. The number of methoxy groups -OCH3 is 1. The average Bonchev–Trinajstić information content (AvgIpc) is 3.13. The molecule has 0 bridgehead atoms. The topological polar surface area (TPSA) is 107 Å². The number of hydrogen-bond donors (Lipinski definition) is 3. The van der Waals surface area contributed by atoms with Crippen LogP contribution in [0.1, 0.15) is 19.3 Å². The molecule has 1 saturated carbocycles. The van der Waals surface area contributed by atoms with E-state index >= 15 is 0 Å². The lowest BCUT2D eigenvalue weighted by Crippen LogP contribution is -2.18. The first-order chi connectivity index (χ1) is 9.35. The predicted octanol–water partition coefficient (Wildman–Crippen LogP) is 1.14. The van der Waals surface area contributed by atoms with Crippen molar-refractivity contribution in [3.05, 3.63) is 18.2 Å². The molecule has 1 aromatic rings. The summed E-state index contributed by atoms with van der Waals surface area (Å²) in [7, 11) is -2.05. The van der Waals surface area contributed by atoms with E-state index in [9.17, 15) is 8.42 Å². The van der Waals surface area contributed by atoms with Crippen LogP contribution in [0, 0.1) is 5.41 Å². The summed E-state index contributed by atoms with van der Waals surface area (Å²) in [6.45, 7) is 1.52. The van der Waals surface area contributed by atoms with Gasteiger partial charge < -0.3 is 15.8 Å². The van der Waals surface area contributed by atoms with Crippen molar-refractivity contribution in [2.45, 2.75) is 24.2 Å². The van der Waals surface area contributed by atoms with E-state index in [2.05, 4.69) is 5.32 Å². The zero-order chi connectivity index (χ0) is 14.8. The van der Waals surface area contributed by atoms with Crippen LogP contribution in [-0.4, -0.2) is 28.7 Å². The Balaban J connectivity index is 2.05. The van der Waals surface area contributed by atoms with E-state index < -0.39 is 10.0 Å². The highest BCUT2D eigenvalue weighted by Gasteiger charge is 2.41. The van der Waals surface area contributed by atoms with Gasteiger partial charge in [0.05, 0.1) is 4.90 Å². The summed E-state index contributed by atoms with van der Waals surface area (Å²) < 4.78 is 27.8. The number of hydrogen-bond acceptors (Lipinski definition) is 5. The van der Waals surface area contributed by atoms with Crippen LogP contribution >= 0.6 is 0 Å². The number of anilines is 2. The van der Waals surface area contributed by atoms with Crippen molar-refractivity contribution >= 4 is 21.4 Å². The molecule has 0 spiro atoms. The molecule has 5 N–H and O–H groups in total. The van der Waals surface area contributed by atoms with Gasteiger partial charge in [0.2, 0.25) is 10.0 Å². The van der Waals surface area contributed by atoms with Crippen molar-refractivity contribution in [2.24, 2.45) is 10.6 Å². The Morgan fingerprint density at radius 3 is 2.60 bits per heavy atom. The van der Waals surface area contributed by atoms with Gasteiger partial charge in [-0.3, -0.25) is 0 Å². The molecule has 0 heterocycles. The Bertz CT molecular complexity index is 583. The highest BCUT2D eigenvalue weighted by molar-refractivity contribution is 7.89.